The molecule has 2 nitrogen and oxygen atoms in total. The summed E-state index contributed by atoms with van der Waals surface area (Å²) in [6.45, 7) is 6.25. The Balaban J connectivity index is 2.62. The first-order valence-corrected chi connectivity index (χ1v) is 7.19. The molecule has 0 aromatic heterocycles. The molecule has 0 heterocycles. The van der Waals surface area contributed by atoms with E-state index in [1.54, 1.807) is 6.07 Å². The van der Waals surface area contributed by atoms with Crippen LogP contribution in [0.1, 0.15) is 33.9 Å². The summed E-state index contributed by atoms with van der Waals surface area (Å²) in [5, 5.41) is 1.07. The molecule has 2 rings (SSSR count). The van der Waals surface area contributed by atoms with E-state index in [-0.39, 0.29) is 6.04 Å². The first-order valence-electron chi connectivity index (χ1n) is 6.43. The van der Waals surface area contributed by atoms with Crippen molar-refractivity contribution in [2.45, 2.75) is 26.8 Å². The number of aryl methyl sites for hydroxylation is 3. The van der Waals surface area contributed by atoms with Crippen LogP contribution in [-0.4, -0.2) is 0 Å². The van der Waals surface area contributed by atoms with Crippen LogP contribution in [0.25, 0.3) is 0 Å². The Bertz CT molecular complexity index is 615. The zero-order chi connectivity index (χ0) is 14.9. The van der Waals surface area contributed by atoms with Crippen LogP contribution < -0.4 is 11.3 Å². The van der Waals surface area contributed by atoms with Gasteiger partial charge in [-0.2, -0.15) is 0 Å². The van der Waals surface area contributed by atoms with E-state index in [4.69, 9.17) is 29.0 Å². The first-order chi connectivity index (χ1) is 9.45. The highest BCUT2D eigenvalue weighted by atomic mass is 35.5. The fourth-order valence-electron chi connectivity index (χ4n) is 2.72. The highest BCUT2D eigenvalue weighted by Crippen LogP contribution is 2.35. The van der Waals surface area contributed by atoms with Crippen molar-refractivity contribution in [2.75, 3.05) is 0 Å². The zero-order valence-electron chi connectivity index (χ0n) is 11.8. The van der Waals surface area contributed by atoms with E-state index in [1.807, 2.05) is 12.1 Å². The van der Waals surface area contributed by atoms with Gasteiger partial charge in [-0.3, -0.25) is 5.84 Å². The van der Waals surface area contributed by atoms with Crippen LogP contribution in [0.2, 0.25) is 10.0 Å². The van der Waals surface area contributed by atoms with Gasteiger partial charge in [-0.25, -0.2) is 5.43 Å². The minimum Gasteiger partial charge on any atom is -0.271 e. The normalized spacial score (nSPS) is 12.5. The second-order valence-corrected chi connectivity index (χ2v) is 5.84. The van der Waals surface area contributed by atoms with Crippen LogP contribution in [0.15, 0.2) is 30.3 Å². The predicted molar refractivity (Wildman–Crippen MR) is 86.3 cm³/mol. The molecule has 0 amide bonds. The second kappa shape index (κ2) is 6.15. The molecule has 0 fully saturated rings. The van der Waals surface area contributed by atoms with Crippen molar-refractivity contribution in [3.63, 3.8) is 0 Å². The molecule has 20 heavy (non-hydrogen) atoms. The van der Waals surface area contributed by atoms with Crippen LogP contribution in [0.5, 0.6) is 0 Å². The molecular weight excluding hydrogens is 291 g/mol. The Kier molecular flexibility index (Phi) is 4.71. The molecule has 2 aromatic rings. The molecule has 0 spiro atoms. The average Bonchev–Trinajstić information content (AvgIpc) is 2.37. The minimum absolute atomic E-state index is 0.179. The van der Waals surface area contributed by atoms with Gasteiger partial charge in [-0.05, 0) is 49.1 Å². The van der Waals surface area contributed by atoms with Gasteiger partial charge in [-0.1, -0.05) is 53.0 Å². The summed E-state index contributed by atoms with van der Waals surface area (Å²) in [5.41, 5.74) is 8.48. The Morgan fingerprint density at radius 1 is 1.05 bits per heavy atom. The molecule has 1 atom stereocenters. The molecule has 0 bridgehead atoms. The third kappa shape index (κ3) is 2.84. The van der Waals surface area contributed by atoms with Crippen molar-refractivity contribution in [1.29, 1.82) is 0 Å². The zero-order valence-corrected chi connectivity index (χ0v) is 13.3. The van der Waals surface area contributed by atoms with Gasteiger partial charge in [0.15, 0.2) is 0 Å². The van der Waals surface area contributed by atoms with E-state index in [0.717, 1.165) is 11.1 Å². The third-order valence-corrected chi connectivity index (χ3v) is 4.32. The number of hydrazine groups is 1. The fourth-order valence-corrected chi connectivity index (χ4v) is 3.14. The maximum Gasteiger partial charge on any atom is 0.0730 e. The standard InChI is InChI=1S/C16H18Cl2N2/c1-9-7-10(2)14(11(3)8-9)16(20-19)12-5-4-6-13(17)15(12)18/h4-8,16,20H,19H2,1-3H3. The molecular formula is C16H18Cl2N2. The molecule has 3 N–H and O–H groups in total. The number of nitrogens with one attached hydrogen (secondary N) is 1. The van der Waals surface area contributed by atoms with Crippen molar-refractivity contribution in [3.05, 3.63) is 68.2 Å². The van der Waals surface area contributed by atoms with Crippen LogP contribution in [0, 0.1) is 20.8 Å². The number of rotatable bonds is 3. The molecule has 4 heteroatoms. The van der Waals surface area contributed by atoms with E-state index in [9.17, 15) is 0 Å². The van der Waals surface area contributed by atoms with E-state index in [2.05, 4.69) is 38.3 Å². The maximum atomic E-state index is 6.33. The van der Waals surface area contributed by atoms with Gasteiger partial charge in [-0.15, -0.1) is 0 Å². The van der Waals surface area contributed by atoms with Gasteiger partial charge in [0.25, 0.3) is 0 Å². The highest BCUT2D eigenvalue weighted by Gasteiger charge is 2.20. The summed E-state index contributed by atoms with van der Waals surface area (Å²) in [6, 6.07) is 9.71. The molecule has 0 radical (unpaired) electrons. The minimum atomic E-state index is -0.179. The summed E-state index contributed by atoms with van der Waals surface area (Å²) >= 11 is 12.4. The molecule has 0 saturated carbocycles. The van der Waals surface area contributed by atoms with Gasteiger partial charge in [0.2, 0.25) is 0 Å². The van der Waals surface area contributed by atoms with Crippen molar-refractivity contribution in [1.82, 2.24) is 5.43 Å². The van der Waals surface area contributed by atoms with Gasteiger partial charge in [0, 0.05) is 0 Å². The number of benzene rings is 2. The summed E-state index contributed by atoms with van der Waals surface area (Å²) in [4.78, 5) is 0. The van der Waals surface area contributed by atoms with E-state index < -0.39 is 0 Å². The van der Waals surface area contributed by atoms with E-state index >= 15 is 0 Å². The van der Waals surface area contributed by atoms with Crippen LogP contribution >= 0.6 is 23.2 Å². The lowest BCUT2D eigenvalue weighted by atomic mass is 9.90. The largest absolute Gasteiger partial charge is 0.271 e. The quantitative estimate of drug-likeness (QED) is 0.648. The van der Waals surface area contributed by atoms with Crippen molar-refractivity contribution in [2.24, 2.45) is 5.84 Å². The summed E-state index contributed by atoms with van der Waals surface area (Å²) in [5.74, 6) is 5.78. The topological polar surface area (TPSA) is 38.0 Å². The Morgan fingerprint density at radius 2 is 1.65 bits per heavy atom. The summed E-state index contributed by atoms with van der Waals surface area (Å²) < 4.78 is 0. The fraction of sp³-hybridized carbons (Fsp3) is 0.250. The summed E-state index contributed by atoms with van der Waals surface area (Å²) in [7, 11) is 0. The molecule has 0 aliphatic heterocycles. The number of hydrogen-bond donors (Lipinski definition) is 2. The Labute approximate surface area is 129 Å². The molecule has 0 aliphatic carbocycles. The second-order valence-electron chi connectivity index (χ2n) is 5.06. The molecule has 0 saturated heterocycles. The lowest BCUT2D eigenvalue weighted by molar-refractivity contribution is 0.630. The van der Waals surface area contributed by atoms with Gasteiger partial charge < -0.3 is 0 Å². The van der Waals surface area contributed by atoms with Gasteiger partial charge >= 0.3 is 0 Å². The average molecular weight is 309 g/mol. The van der Waals surface area contributed by atoms with Crippen molar-refractivity contribution >= 4 is 23.2 Å². The number of hydrogen-bond acceptors (Lipinski definition) is 2. The maximum absolute atomic E-state index is 6.33. The molecule has 2 aromatic carbocycles. The van der Waals surface area contributed by atoms with E-state index in [0.29, 0.717) is 10.0 Å². The summed E-state index contributed by atoms with van der Waals surface area (Å²) in [6.07, 6.45) is 0. The number of halogens is 2. The van der Waals surface area contributed by atoms with Crippen LogP contribution in [-0.2, 0) is 0 Å². The highest BCUT2D eigenvalue weighted by molar-refractivity contribution is 6.42. The van der Waals surface area contributed by atoms with Crippen molar-refractivity contribution < 1.29 is 0 Å². The van der Waals surface area contributed by atoms with Crippen molar-refractivity contribution in [3.8, 4) is 0 Å². The van der Waals surface area contributed by atoms with Gasteiger partial charge in [0.1, 0.15) is 0 Å². The lowest BCUT2D eigenvalue weighted by Crippen LogP contribution is -2.30. The van der Waals surface area contributed by atoms with Crippen LogP contribution in [0.4, 0.5) is 0 Å². The predicted octanol–water partition coefficient (Wildman–Crippen LogP) is 4.47. The monoisotopic (exact) mass is 308 g/mol. The van der Waals surface area contributed by atoms with E-state index in [1.165, 1.54) is 16.7 Å². The Morgan fingerprint density at radius 3 is 2.20 bits per heavy atom. The number of nitrogens with two attached hydrogens (primary N) is 1. The Hall–Kier alpha value is -1.06. The third-order valence-electron chi connectivity index (χ3n) is 3.49. The molecule has 1 unspecified atom stereocenters. The van der Waals surface area contributed by atoms with Gasteiger partial charge in [0.05, 0.1) is 16.1 Å². The van der Waals surface area contributed by atoms with Crippen LogP contribution in [0.3, 0.4) is 0 Å². The molecule has 0 aliphatic rings. The first kappa shape index (κ1) is 15.3. The lowest BCUT2D eigenvalue weighted by Gasteiger charge is -2.23. The smallest absolute Gasteiger partial charge is 0.0730 e. The molecule has 106 valence electrons. The SMILES string of the molecule is Cc1cc(C)c(C(NN)c2cccc(Cl)c2Cl)c(C)c1.